The molecule has 2 rings (SSSR count). The summed E-state index contributed by atoms with van der Waals surface area (Å²) in [6.45, 7) is 5.21. The highest BCUT2D eigenvalue weighted by molar-refractivity contribution is 7.89. The SMILES string of the molecule is CCc1ccc(S(=O)(=O)N2CCC(N)CC2)cc1CC.Cl. The van der Waals surface area contributed by atoms with Crippen LogP contribution in [-0.2, 0) is 22.9 Å². The molecule has 1 aliphatic rings. The average Bonchev–Trinajstić information content (AvgIpc) is 2.46. The van der Waals surface area contributed by atoms with Gasteiger partial charge in [-0.3, -0.25) is 0 Å². The Kier molecular flexibility index (Phi) is 6.66. The van der Waals surface area contributed by atoms with E-state index in [-0.39, 0.29) is 18.4 Å². The van der Waals surface area contributed by atoms with Crippen molar-refractivity contribution in [3.63, 3.8) is 0 Å². The number of piperidine rings is 1. The first kappa shape index (κ1) is 18.4. The van der Waals surface area contributed by atoms with E-state index in [2.05, 4.69) is 13.8 Å². The van der Waals surface area contributed by atoms with Crippen LogP contribution in [0.2, 0.25) is 0 Å². The molecule has 1 aromatic carbocycles. The quantitative estimate of drug-likeness (QED) is 0.920. The Balaban J connectivity index is 0.00000220. The van der Waals surface area contributed by atoms with E-state index < -0.39 is 10.0 Å². The van der Waals surface area contributed by atoms with Crippen LogP contribution in [0.1, 0.15) is 37.8 Å². The van der Waals surface area contributed by atoms with Crippen molar-refractivity contribution in [3.05, 3.63) is 29.3 Å². The Bertz CT molecular complexity index is 567. The highest BCUT2D eigenvalue weighted by Crippen LogP contribution is 2.23. The van der Waals surface area contributed by atoms with E-state index >= 15 is 0 Å². The first-order chi connectivity index (χ1) is 9.48. The molecule has 1 aliphatic heterocycles. The normalized spacial score (nSPS) is 17.5. The minimum absolute atomic E-state index is 0. The van der Waals surface area contributed by atoms with Crippen molar-refractivity contribution in [2.24, 2.45) is 5.73 Å². The molecule has 0 unspecified atom stereocenters. The molecule has 0 atom stereocenters. The third kappa shape index (κ3) is 3.97. The largest absolute Gasteiger partial charge is 0.328 e. The van der Waals surface area contributed by atoms with Crippen LogP contribution in [0.3, 0.4) is 0 Å². The molecule has 21 heavy (non-hydrogen) atoms. The standard InChI is InChI=1S/C15H24N2O2S.ClH/c1-3-12-5-6-15(11-13(12)4-2)20(18,19)17-9-7-14(16)8-10-17;/h5-6,11,14H,3-4,7-10,16H2,1-2H3;1H. The van der Waals surface area contributed by atoms with Gasteiger partial charge in [0.2, 0.25) is 10.0 Å². The van der Waals surface area contributed by atoms with Gasteiger partial charge in [-0.25, -0.2) is 8.42 Å². The summed E-state index contributed by atoms with van der Waals surface area (Å²) in [6.07, 6.45) is 3.28. The van der Waals surface area contributed by atoms with Gasteiger partial charge in [0, 0.05) is 19.1 Å². The molecule has 0 amide bonds. The summed E-state index contributed by atoms with van der Waals surface area (Å²) in [5, 5.41) is 0. The number of sulfonamides is 1. The number of benzene rings is 1. The Morgan fingerprint density at radius 1 is 1.14 bits per heavy atom. The number of aryl methyl sites for hydroxylation is 2. The lowest BCUT2D eigenvalue weighted by Gasteiger charge is -2.29. The van der Waals surface area contributed by atoms with Gasteiger partial charge in [-0.15, -0.1) is 12.4 Å². The molecule has 1 aromatic rings. The van der Waals surface area contributed by atoms with E-state index in [0.717, 1.165) is 31.2 Å². The third-order valence-corrected chi connectivity index (χ3v) is 5.97. The van der Waals surface area contributed by atoms with E-state index in [1.165, 1.54) is 5.56 Å². The topological polar surface area (TPSA) is 63.4 Å². The van der Waals surface area contributed by atoms with Gasteiger partial charge in [-0.1, -0.05) is 19.9 Å². The molecule has 1 heterocycles. The van der Waals surface area contributed by atoms with Crippen molar-refractivity contribution < 1.29 is 8.42 Å². The van der Waals surface area contributed by atoms with Gasteiger partial charge < -0.3 is 5.73 Å². The lowest BCUT2D eigenvalue weighted by molar-refractivity contribution is 0.320. The van der Waals surface area contributed by atoms with Gasteiger partial charge in [0.1, 0.15) is 0 Å². The van der Waals surface area contributed by atoms with Crippen molar-refractivity contribution in [1.29, 1.82) is 0 Å². The number of hydrogen-bond donors (Lipinski definition) is 1. The van der Waals surface area contributed by atoms with E-state index in [0.29, 0.717) is 18.0 Å². The number of nitrogens with zero attached hydrogens (tertiary/aromatic N) is 1. The third-order valence-electron chi connectivity index (χ3n) is 4.08. The van der Waals surface area contributed by atoms with Crippen LogP contribution in [0.4, 0.5) is 0 Å². The van der Waals surface area contributed by atoms with Crippen LogP contribution < -0.4 is 5.73 Å². The molecule has 0 radical (unpaired) electrons. The smallest absolute Gasteiger partial charge is 0.243 e. The molecule has 0 aliphatic carbocycles. The van der Waals surface area contributed by atoms with E-state index in [1.807, 2.05) is 12.1 Å². The zero-order valence-electron chi connectivity index (χ0n) is 12.7. The van der Waals surface area contributed by atoms with Crippen molar-refractivity contribution in [3.8, 4) is 0 Å². The van der Waals surface area contributed by atoms with Crippen LogP contribution in [0.15, 0.2) is 23.1 Å². The van der Waals surface area contributed by atoms with Gasteiger partial charge in [0.05, 0.1) is 4.90 Å². The molecular weight excluding hydrogens is 308 g/mol. The Morgan fingerprint density at radius 2 is 1.71 bits per heavy atom. The van der Waals surface area contributed by atoms with Gasteiger partial charge in [-0.2, -0.15) is 4.31 Å². The number of nitrogens with two attached hydrogens (primary N) is 1. The molecule has 1 saturated heterocycles. The molecule has 0 saturated carbocycles. The number of halogens is 1. The summed E-state index contributed by atoms with van der Waals surface area (Å²) < 4.78 is 26.9. The highest BCUT2D eigenvalue weighted by Gasteiger charge is 2.28. The average molecular weight is 333 g/mol. The van der Waals surface area contributed by atoms with E-state index in [4.69, 9.17) is 5.73 Å². The maximum absolute atomic E-state index is 12.6. The minimum Gasteiger partial charge on any atom is -0.328 e. The predicted molar refractivity (Wildman–Crippen MR) is 88.4 cm³/mol. The number of hydrogen-bond acceptors (Lipinski definition) is 3. The fraction of sp³-hybridized carbons (Fsp3) is 0.600. The second kappa shape index (κ2) is 7.58. The van der Waals surface area contributed by atoms with Crippen molar-refractivity contribution >= 4 is 22.4 Å². The van der Waals surface area contributed by atoms with Gasteiger partial charge in [0.15, 0.2) is 0 Å². The van der Waals surface area contributed by atoms with Crippen molar-refractivity contribution in [1.82, 2.24) is 4.31 Å². The molecule has 0 aromatic heterocycles. The molecule has 6 heteroatoms. The van der Waals surface area contributed by atoms with E-state index in [9.17, 15) is 8.42 Å². The van der Waals surface area contributed by atoms with Crippen LogP contribution in [0.5, 0.6) is 0 Å². The van der Waals surface area contributed by atoms with Crippen molar-refractivity contribution in [2.45, 2.75) is 50.5 Å². The van der Waals surface area contributed by atoms with Crippen LogP contribution in [0.25, 0.3) is 0 Å². The molecule has 0 bridgehead atoms. The Hall–Kier alpha value is -0.620. The number of rotatable bonds is 4. The van der Waals surface area contributed by atoms with Crippen LogP contribution >= 0.6 is 12.4 Å². The first-order valence-corrected chi connectivity index (χ1v) is 8.80. The summed E-state index contributed by atoms with van der Waals surface area (Å²) in [7, 11) is -3.37. The van der Waals surface area contributed by atoms with Crippen LogP contribution in [0, 0.1) is 0 Å². The van der Waals surface area contributed by atoms with Gasteiger partial charge in [-0.05, 0) is 48.9 Å². The second-order valence-electron chi connectivity index (χ2n) is 5.38. The second-order valence-corrected chi connectivity index (χ2v) is 7.32. The maximum atomic E-state index is 12.6. The first-order valence-electron chi connectivity index (χ1n) is 7.36. The molecule has 4 nitrogen and oxygen atoms in total. The van der Waals surface area contributed by atoms with Gasteiger partial charge >= 0.3 is 0 Å². The molecule has 1 fully saturated rings. The Morgan fingerprint density at radius 3 is 2.24 bits per heavy atom. The summed E-state index contributed by atoms with van der Waals surface area (Å²) >= 11 is 0. The zero-order valence-corrected chi connectivity index (χ0v) is 14.3. The Labute approximate surface area is 134 Å². The summed E-state index contributed by atoms with van der Waals surface area (Å²) in [4.78, 5) is 0.419. The molecule has 0 spiro atoms. The molecule has 2 N–H and O–H groups in total. The zero-order chi connectivity index (χ0) is 14.8. The molecule has 120 valence electrons. The van der Waals surface area contributed by atoms with Crippen molar-refractivity contribution in [2.75, 3.05) is 13.1 Å². The fourth-order valence-corrected chi connectivity index (χ4v) is 4.22. The highest BCUT2D eigenvalue weighted by atomic mass is 35.5. The maximum Gasteiger partial charge on any atom is 0.243 e. The lowest BCUT2D eigenvalue weighted by Crippen LogP contribution is -2.42. The van der Waals surface area contributed by atoms with Gasteiger partial charge in [0.25, 0.3) is 0 Å². The summed E-state index contributed by atoms with van der Waals surface area (Å²) in [6, 6.07) is 5.65. The monoisotopic (exact) mass is 332 g/mol. The summed E-state index contributed by atoms with van der Waals surface area (Å²) in [5.74, 6) is 0. The fourth-order valence-electron chi connectivity index (χ4n) is 2.70. The summed E-state index contributed by atoms with van der Waals surface area (Å²) in [5.41, 5.74) is 8.20. The van der Waals surface area contributed by atoms with Crippen LogP contribution in [-0.4, -0.2) is 31.9 Å². The molecular formula is C15H25ClN2O2S. The van der Waals surface area contributed by atoms with E-state index in [1.54, 1.807) is 10.4 Å². The lowest BCUT2D eigenvalue weighted by atomic mass is 10.0. The minimum atomic E-state index is -3.37. The predicted octanol–water partition coefficient (Wildman–Crippen LogP) is 2.35.